The topological polar surface area (TPSA) is 66.4 Å². The number of carbonyl (C=O) groups is 1. The number of aliphatic imine (C=N–C) groups is 1. The maximum absolute atomic E-state index is 14.3. The molecule has 0 bridgehead atoms. The van der Waals surface area contributed by atoms with Gasteiger partial charge in [-0.1, -0.05) is 30.3 Å². The van der Waals surface area contributed by atoms with Crippen molar-refractivity contribution in [2.45, 2.75) is 83.7 Å². The predicted octanol–water partition coefficient (Wildman–Crippen LogP) is 11.3. The quantitative estimate of drug-likeness (QED) is 0.0874. The fraction of sp³-hybridized carbons (Fsp3) is 0.488. The van der Waals surface area contributed by atoms with Crippen LogP contribution in [0.1, 0.15) is 85.4 Å². The summed E-state index contributed by atoms with van der Waals surface area (Å²) in [6.45, 7) is 4.25. The van der Waals surface area contributed by atoms with E-state index in [1.807, 2.05) is 48.4 Å². The van der Waals surface area contributed by atoms with E-state index in [4.69, 9.17) is 9.47 Å². The first kappa shape index (κ1) is 46.5. The average Bonchev–Trinajstić information content (AvgIpc) is 3.21. The van der Waals surface area contributed by atoms with Crippen molar-refractivity contribution in [3.63, 3.8) is 0 Å². The summed E-state index contributed by atoms with van der Waals surface area (Å²) in [7, 11) is 0. The number of alkyl halides is 9. The Kier molecular flexibility index (Phi) is 15.8. The number of guanidine groups is 1. The standard InChI is InChI=1S/C43H49F9N4O3S/c1-4-55(25-30-12-10-29(11-13-30)18-39(57)59-27-31-8-6-5-7-9-31)38-15-14-34(41(44,45)46)21-33(38)26-56(40-53-23-37(24-54-40)58-16-17-60-3)28(2)32-19-35(42(47,48)49)22-36(20-32)43(50,51)52/h5-9,14-15,19-23,28-30H,4,10-13,16-18,24-27H2,1-3H3,(H,53,54). The molecule has 1 fully saturated rings. The summed E-state index contributed by atoms with van der Waals surface area (Å²) in [6, 6.07) is 12.7. The van der Waals surface area contributed by atoms with E-state index in [-0.39, 0.29) is 67.1 Å². The van der Waals surface area contributed by atoms with Gasteiger partial charge in [0.15, 0.2) is 5.96 Å². The summed E-state index contributed by atoms with van der Waals surface area (Å²) in [6.07, 6.45) is -8.30. The number of rotatable bonds is 16. The Morgan fingerprint density at radius 3 is 2.07 bits per heavy atom. The van der Waals surface area contributed by atoms with Crippen LogP contribution in [0.25, 0.3) is 0 Å². The molecule has 328 valence electrons. The van der Waals surface area contributed by atoms with Gasteiger partial charge in [0.25, 0.3) is 0 Å². The van der Waals surface area contributed by atoms with Crippen LogP contribution in [-0.4, -0.2) is 55.1 Å². The van der Waals surface area contributed by atoms with Gasteiger partial charge in [-0.05, 0) is 111 Å². The van der Waals surface area contributed by atoms with E-state index in [9.17, 15) is 44.3 Å². The molecule has 0 radical (unpaired) electrons. The number of halogens is 9. The number of carbonyl (C=O) groups excluding carboxylic acids is 1. The van der Waals surface area contributed by atoms with Crippen LogP contribution < -0.4 is 10.2 Å². The van der Waals surface area contributed by atoms with Crippen molar-refractivity contribution in [2.24, 2.45) is 16.8 Å². The predicted molar refractivity (Wildman–Crippen MR) is 214 cm³/mol. The van der Waals surface area contributed by atoms with Crippen molar-refractivity contribution in [2.75, 3.05) is 43.1 Å². The molecule has 1 heterocycles. The van der Waals surface area contributed by atoms with Gasteiger partial charge in [-0.3, -0.25) is 4.79 Å². The molecule has 0 amide bonds. The van der Waals surface area contributed by atoms with E-state index in [2.05, 4.69) is 10.3 Å². The van der Waals surface area contributed by atoms with Crippen LogP contribution in [0.3, 0.4) is 0 Å². The summed E-state index contributed by atoms with van der Waals surface area (Å²) >= 11 is 1.55. The highest BCUT2D eigenvalue weighted by atomic mass is 32.2. The lowest BCUT2D eigenvalue weighted by molar-refractivity contribution is -0.146. The molecule has 0 spiro atoms. The van der Waals surface area contributed by atoms with Crippen LogP contribution in [0.4, 0.5) is 45.2 Å². The zero-order valence-corrected chi connectivity index (χ0v) is 34.3. The lowest BCUT2D eigenvalue weighted by atomic mass is 9.80. The average molecular weight is 873 g/mol. The number of thioether (sulfide) groups is 1. The Hall–Kier alpha value is -4.54. The van der Waals surface area contributed by atoms with Crippen molar-refractivity contribution in [3.8, 4) is 0 Å². The molecule has 1 atom stereocenters. The lowest BCUT2D eigenvalue weighted by Gasteiger charge is -2.37. The second-order valence-electron chi connectivity index (χ2n) is 15.0. The molecule has 1 N–H and O–H groups in total. The van der Waals surface area contributed by atoms with Gasteiger partial charge in [-0.25, -0.2) is 4.99 Å². The number of esters is 1. The largest absolute Gasteiger partial charge is 0.494 e. The molecule has 3 aromatic rings. The number of hydrogen-bond donors (Lipinski definition) is 1. The van der Waals surface area contributed by atoms with E-state index in [0.29, 0.717) is 49.0 Å². The monoisotopic (exact) mass is 872 g/mol. The number of hydrogen-bond acceptors (Lipinski definition) is 8. The third-order valence-electron chi connectivity index (χ3n) is 10.8. The van der Waals surface area contributed by atoms with E-state index >= 15 is 0 Å². The number of ether oxygens (including phenoxy) is 2. The van der Waals surface area contributed by atoms with Crippen LogP contribution in [0.2, 0.25) is 0 Å². The summed E-state index contributed by atoms with van der Waals surface area (Å²) in [5.74, 6) is 1.10. The fourth-order valence-electron chi connectivity index (χ4n) is 7.44. The molecular weight excluding hydrogens is 824 g/mol. The van der Waals surface area contributed by atoms with Crippen molar-refractivity contribution >= 4 is 29.4 Å². The van der Waals surface area contributed by atoms with Crippen LogP contribution >= 0.6 is 11.8 Å². The van der Waals surface area contributed by atoms with Crippen molar-refractivity contribution < 1.29 is 53.8 Å². The van der Waals surface area contributed by atoms with E-state index in [0.717, 1.165) is 43.4 Å². The maximum Gasteiger partial charge on any atom is 0.416 e. The molecule has 1 aliphatic carbocycles. The lowest BCUT2D eigenvalue weighted by Crippen LogP contribution is -2.43. The van der Waals surface area contributed by atoms with Crippen LogP contribution in [0.5, 0.6) is 0 Å². The number of anilines is 1. The van der Waals surface area contributed by atoms with Gasteiger partial charge in [-0.2, -0.15) is 51.3 Å². The molecule has 60 heavy (non-hydrogen) atoms. The number of benzene rings is 3. The Bertz CT molecular complexity index is 1910. The van der Waals surface area contributed by atoms with E-state index in [1.165, 1.54) is 24.1 Å². The molecule has 0 aromatic heterocycles. The SMILES string of the molecule is CCN(CC1CCC(CC(=O)OCc2ccccc2)CC1)c1ccc(C(F)(F)F)cc1CN(C1=NCC(OCCSC)=CN1)C(C)c1cc(C(F)(F)F)cc(C(F)(F)F)c1. The summed E-state index contributed by atoms with van der Waals surface area (Å²) in [4.78, 5) is 20.4. The van der Waals surface area contributed by atoms with Crippen LogP contribution in [0, 0.1) is 11.8 Å². The van der Waals surface area contributed by atoms with Crippen LogP contribution in [0.15, 0.2) is 83.7 Å². The third-order valence-corrected chi connectivity index (χ3v) is 11.3. The number of nitrogens with one attached hydrogen (secondary N) is 1. The van der Waals surface area contributed by atoms with Gasteiger partial charge in [-0.15, -0.1) is 0 Å². The second-order valence-corrected chi connectivity index (χ2v) is 16.0. The molecule has 1 saturated carbocycles. The zero-order valence-electron chi connectivity index (χ0n) is 33.5. The Morgan fingerprint density at radius 2 is 1.50 bits per heavy atom. The van der Waals surface area contributed by atoms with Gasteiger partial charge in [0.2, 0.25) is 0 Å². The van der Waals surface area contributed by atoms with Crippen molar-refractivity contribution in [1.29, 1.82) is 0 Å². The normalized spacial score (nSPS) is 17.9. The van der Waals surface area contributed by atoms with E-state index in [1.54, 1.807) is 11.8 Å². The summed E-state index contributed by atoms with van der Waals surface area (Å²) < 4.78 is 138. The first-order valence-corrected chi connectivity index (χ1v) is 21.1. The summed E-state index contributed by atoms with van der Waals surface area (Å²) in [5, 5.41) is 2.93. The molecule has 5 rings (SSSR count). The molecule has 1 unspecified atom stereocenters. The smallest absolute Gasteiger partial charge is 0.416 e. The van der Waals surface area contributed by atoms with Gasteiger partial charge >= 0.3 is 24.5 Å². The van der Waals surface area contributed by atoms with Crippen molar-refractivity contribution in [3.05, 3.63) is 112 Å². The molecule has 2 aliphatic rings. The fourth-order valence-corrected chi connectivity index (χ4v) is 7.69. The highest BCUT2D eigenvalue weighted by Crippen LogP contribution is 2.40. The highest BCUT2D eigenvalue weighted by Gasteiger charge is 2.39. The third kappa shape index (κ3) is 13.0. The van der Waals surface area contributed by atoms with E-state index < -0.39 is 41.3 Å². The molecule has 3 aromatic carbocycles. The van der Waals surface area contributed by atoms with Crippen molar-refractivity contribution in [1.82, 2.24) is 10.2 Å². The van der Waals surface area contributed by atoms with Gasteiger partial charge in [0, 0.05) is 43.7 Å². The first-order valence-electron chi connectivity index (χ1n) is 19.7. The molecule has 1 aliphatic heterocycles. The highest BCUT2D eigenvalue weighted by molar-refractivity contribution is 7.98. The van der Waals surface area contributed by atoms with Gasteiger partial charge in [0.05, 0.1) is 29.3 Å². The van der Waals surface area contributed by atoms with Gasteiger partial charge in [0.1, 0.15) is 18.9 Å². The molecule has 7 nitrogen and oxygen atoms in total. The minimum Gasteiger partial charge on any atom is -0.494 e. The molecule has 0 saturated heterocycles. The molecule has 17 heteroatoms. The Balaban J connectivity index is 1.42. The number of nitrogens with zero attached hydrogens (tertiary/aromatic N) is 3. The Morgan fingerprint density at radius 1 is 0.867 bits per heavy atom. The zero-order chi connectivity index (χ0) is 43.7. The second kappa shape index (κ2) is 20.3. The maximum atomic E-state index is 14.3. The molecular formula is C43H49F9N4O3S. The first-order chi connectivity index (χ1) is 28.3. The van der Waals surface area contributed by atoms with Crippen LogP contribution in [-0.2, 0) is 45.9 Å². The Labute approximate surface area is 348 Å². The summed E-state index contributed by atoms with van der Waals surface area (Å²) in [5.41, 5.74) is -2.90. The van der Waals surface area contributed by atoms with Gasteiger partial charge < -0.3 is 24.6 Å². The minimum absolute atomic E-state index is 0.0257. The minimum atomic E-state index is -5.12.